The molecule has 0 amide bonds. The Labute approximate surface area is 177 Å². The summed E-state index contributed by atoms with van der Waals surface area (Å²) in [5.74, 6) is 1.60. The van der Waals surface area contributed by atoms with Gasteiger partial charge in [0, 0.05) is 23.7 Å². The first kappa shape index (κ1) is 20.7. The Bertz CT molecular complexity index is 978. The van der Waals surface area contributed by atoms with Gasteiger partial charge in [0.2, 0.25) is 0 Å². The minimum Gasteiger partial charge on any atom is -0.490 e. The lowest BCUT2D eigenvalue weighted by molar-refractivity contribution is 0.0814. The molecule has 4 rings (SSSR count). The van der Waals surface area contributed by atoms with Crippen LogP contribution in [0.15, 0.2) is 18.2 Å². The molecule has 2 aromatic rings. The first-order chi connectivity index (χ1) is 14.4. The first-order valence-corrected chi connectivity index (χ1v) is 10.8. The molecule has 0 spiro atoms. The summed E-state index contributed by atoms with van der Waals surface area (Å²) >= 11 is 0. The summed E-state index contributed by atoms with van der Waals surface area (Å²) in [5, 5.41) is 0. The van der Waals surface area contributed by atoms with Gasteiger partial charge in [0.1, 0.15) is 0 Å². The van der Waals surface area contributed by atoms with Crippen molar-refractivity contribution in [2.75, 3.05) is 19.8 Å². The Morgan fingerprint density at radius 2 is 1.87 bits per heavy atom. The highest BCUT2D eigenvalue weighted by Gasteiger charge is 2.35. The number of carbonyl (C=O) groups is 2. The minimum atomic E-state index is -0.287. The van der Waals surface area contributed by atoms with Crippen LogP contribution in [0, 0.1) is 13.8 Å². The molecule has 2 aliphatic heterocycles. The van der Waals surface area contributed by atoms with E-state index in [0.717, 1.165) is 54.1 Å². The fourth-order valence-electron chi connectivity index (χ4n) is 4.88. The van der Waals surface area contributed by atoms with Gasteiger partial charge in [-0.3, -0.25) is 14.5 Å². The van der Waals surface area contributed by atoms with E-state index in [-0.39, 0.29) is 23.7 Å². The van der Waals surface area contributed by atoms with Gasteiger partial charge in [0.05, 0.1) is 24.9 Å². The van der Waals surface area contributed by atoms with Crippen molar-refractivity contribution in [2.24, 2.45) is 0 Å². The summed E-state index contributed by atoms with van der Waals surface area (Å²) in [6.45, 7) is 9.40. The van der Waals surface area contributed by atoms with Crippen LogP contribution in [-0.2, 0) is 0 Å². The Morgan fingerprint density at radius 1 is 1.13 bits per heavy atom. The number of rotatable bonds is 5. The van der Waals surface area contributed by atoms with Crippen molar-refractivity contribution < 1.29 is 19.1 Å². The van der Waals surface area contributed by atoms with Crippen LogP contribution in [0.3, 0.4) is 0 Å². The smallest absolute Gasteiger partial charge is 0.196 e. The van der Waals surface area contributed by atoms with Gasteiger partial charge >= 0.3 is 0 Å². The van der Waals surface area contributed by atoms with E-state index >= 15 is 0 Å². The maximum absolute atomic E-state index is 13.4. The van der Waals surface area contributed by atoms with E-state index in [4.69, 9.17) is 9.47 Å². The summed E-state index contributed by atoms with van der Waals surface area (Å²) in [5.41, 5.74) is 3.85. The largest absolute Gasteiger partial charge is 0.490 e. The topological polar surface area (TPSA) is 71.6 Å². The standard InChI is InChI=1S/C24H30N2O4/c1-14-22(17(4)27)15(2)25-23(14)24(28)16(3)26-10-5-7-19(26)18-8-9-20-21(13-18)30-12-6-11-29-20/h8-9,13,16,19,25H,5-7,10-12H2,1-4H3/t16-,19-/m0/s1. The van der Waals surface area contributed by atoms with Gasteiger partial charge in [0.15, 0.2) is 23.1 Å². The number of likely N-dealkylation sites (tertiary alicyclic amines) is 1. The van der Waals surface area contributed by atoms with Crippen molar-refractivity contribution in [3.63, 3.8) is 0 Å². The molecule has 1 aromatic carbocycles. The second-order valence-corrected chi connectivity index (χ2v) is 8.37. The lowest BCUT2D eigenvalue weighted by Gasteiger charge is -2.30. The number of carbonyl (C=O) groups excluding carboxylic acids is 2. The van der Waals surface area contributed by atoms with E-state index in [0.29, 0.717) is 24.5 Å². The second-order valence-electron chi connectivity index (χ2n) is 8.37. The number of hydrogen-bond acceptors (Lipinski definition) is 5. The molecule has 160 valence electrons. The van der Waals surface area contributed by atoms with Gasteiger partial charge in [-0.1, -0.05) is 6.07 Å². The van der Waals surface area contributed by atoms with E-state index in [1.165, 1.54) is 0 Å². The van der Waals surface area contributed by atoms with Crippen molar-refractivity contribution in [3.05, 3.63) is 46.3 Å². The van der Waals surface area contributed by atoms with Gasteiger partial charge in [-0.2, -0.15) is 0 Å². The first-order valence-electron chi connectivity index (χ1n) is 10.8. The highest BCUT2D eigenvalue weighted by molar-refractivity contribution is 6.05. The van der Waals surface area contributed by atoms with Crippen LogP contribution in [-0.4, -0.2) is 47.3 Å². The third kappa shape index (κ3) is 3.65. The molecule has 30 heavy (non-hydrogen) atoms. The van der Waals surface area contributed by atoms with Crippen molar-refractivity contribution in [1.29, 1.82) is 0 Å². The molecule has 0 bridgehead atoms. The molecule has 3 heterocycles. The molecule has 6 heteroatoms. The van der Waals surface area contributed by atoms with Gasteiger partial charge < -0.3 is 14.5 Å². The fraction of sp³-hybridized carbons (Fsp3) is 0.500. The number of nitrogens with one attached hydrogen (secondary N) is 1. The SMILES string of the molecule is CC(=O)c1c(C)[nH]c(C(=O)[C@H](C)N2CCC[C@H]2c2ccc3c(c2)OCCCO3)c1C. The normalized spacial score (nSPS) is 20.1. The number of ether oxygens (including phenoxy) is 2. The average molecular weight is 411 g/mol. The molecule has 0 radical (unpaired) electrons. The predicted molar refractivity (Wildman–Crippen MR) is 115 cm³/mol. The van der Waals surface area contributed by atoms with Crippen LogP contribution in [0.2, 0.25) is 0 Å². The molecule has 0 saturated carbocycles. The second kappa shape index (κ2) is 8.26. The molecular formula is C24H30N2O4. The highest BCUT2D eigenvalue weighted by Crippen LogP contribution is 2.39. The number of Topliss-reactive ketones (excluding diaryl/α,β-unsaturated/α-hetero) is 2. The van der Waals surface area contributed by atoms with Crippen molar-refractivity contribution in [3.8, 4) is 11.5 Å². The van der Waals surface area contributed by atoms with Crippen molar-refractivity contribution >= 4 is 11.6 Å². The quantitative estimate of drug-likeness (QED) is 0.740. The Balaban J connectivity index is 1.59. The average Bonchev–Trinajstić information content (AvgIpc) is 3.23. The number of ketones is 2. The Morgan fingerprint density at radius 3 is 2.57 bits per heavy atom. The van der Waals surface area contributed by atoms with E-state index in [1.807, 2.05) is 26.8 Å². The number of benzene rings is 1. The predicted octanol–water partition coefficient (Wildman–Crippen LogP) is 4.40. The Kier molecular flexibility index (Phi) is 5.69. The number of aromatic nitrogens is 1. The molecule has 1 aromatic heterocycles. The van der Waals surface area contributed by atoms with Gasteiger partial charge in [-0.05, 0) is 70.3 Å². The zero-order chi connectivity index (χ0) is 21.4. The molecule has 1 fully saturated rings. The summed E-state index contributed by atoms with van der Waals surface area (Å²) in [4.78, 5) is 30.8. The monoisotopic (exact) mass is 410 g/mol. The number of aryl methyl sites for hydroxylation is 1. The number of fused-ring (bicyclic) bond motifs is 1. The minimum absolute atomic E-state index is 0.0146. The zero-order valence-electron chi connectivity index (χ0n) is 18.2. The number of H-pyrrole nitrogens is 1. The van der Waals surface area contributed by atoms with Gasteiger partial charge in [-0.25, -0.2) is 0 Å². The number of aromatic amines is 1. The molecule has 1 N–H and O–H groups in total. The Hall–Kier alpha value is -2.60. The van der Waals surface area contributed by atoms with Crippen LogP contribution in [0.25, 0.3) is 0 Å². The van der Waals surface area contributed by atoms with Crippen molar-refractivity contribution in [2.45, 2.75) is 59.0 Å². The zero-order valence-corrected chi connectivity index (χ0v) is 18.2. The molecular weight excluding hydrogens is 380 g/mol. The molecule has 0 unspecified atom stereocenters. The summed E-state index contributed by atoms with van der Waals surface area (Å²) in [6.07, 6.45) is 2.92. The maximum atomic E-state index is 13.4. The van der Waals surface area contributed by atoms with Crippen LogP contribution >= 0.6 is 0 Å². The van der Waals surface area contributed by atoms with Gasteiger partial charge in [0.25, 0.3) is 0 Å². The molecule has 0 aliphatic carbocycles. The number of hydrogen-bond donors (Lipinski definition) is 1. The third-order valence-electron chi connectivity index (χ3n) is 6.36. The number of nitrogens with zero attached hydrogens (tertiary/aromatic N) is 1. The van der Waals surface area contributed by atoms with E-state index in [9.17, 15) is 9.59 Å². The maximum Gasteiger partial charge on any atom is 0.196 e. The molecule has 2 aliphatic rings. The molecule has 2 atom stereocenters. The lowest BCUT2D eigenvalue weighted by Crippen LogP contribution is -2.39. The summed E-state index contributed by atoms with van der Waals surface area (Å²) in [7, 11) is 0. The van der Waals surface area contributed by atoms with E-state index in [2.05, 4.69) is 22.0 Å². The van der Waals surface area contributed by atoms with Crippen LogP contribution in [0.4, 0.5) is 0 Å². The molecule has 6 nitrogen and oxygen atoms in total. The third-order valence-corrected chi connectivity index (χ3v) is 6.36. The van der Waals surface area contributed by atoms with E-state index in [1.54, 1.807) is 6.92 Å². The van der Waals surface area contributed by atoms with Crippen LogP contribution in [0.1, 0.15) is 76.8 Å². The van der Waals surface area contributed by atoms with Gasteiger partial charge in [-0.15, -0.1) is 0 Å². The van der Waals surface area contributed by atoms with Crippen molar-refractivity contribution in [1.82, 2.24) is 9.88 Å². The van der Waals surface area contributed by atoms with Crippen LogP contribution < -0.4 is 9.47 Å². The van der Waals surface area contributed by atoms with Crippen LogP contribution in [0.5, 0.6) is 11.5 Å². The summed E-state index contributed by atoms with van der Waals surface area (Å²) in [6, 6.07) is 6.01. The molecule has 1 saturated heterocycles. The van der Waals surface area contributed by atoms with E-state index < -0.39 is 0 Å². The fourth-order valence-corrected chi connectivity index (χ4v) is 4.88. The lowest BCUT2D eigenvalue weighted by atomic mass is 9.99. The summed E-state index contributed by atoms with van der Waals surface area (Å²) < 4.78 is 11.6. The highest BCUT2D eigenvalue weighted by atomic mass is 16.5.